The molecule has 1 fully saturated rings. The predicted octanol–water partition coefficient (Wildman–Crippen LogP) is 1.42. The van der Waals surface area contributed by atoms with Gasteiger partial charge >= 0.3 is 0 Å². The van der Waals surface area contributed by atoms with E-state index in [1.54, 1.807) is 0 Å². The molecule has 0 radical (unpaired) electrons. The molecule has 2 rings (SSSR count). The second-order valence-corrected chi connectivity index (χ2v) is 4.32. The molecule has 2 heterocycles. The van der Waals surface area contributed by atoms with Gasteiger partial charge in [-0.2, -0.15) is 0 Å². The third-order valence-electron chi connectivity index (χ3n) is 2.66. The van der Waals surface area contributed by atoms with Crippen molar-refractivity contribution in [1.82, 2.24) is 14.5 Å². The van der Waals surface area contributed by atoms with E-state index in [9.17, 15) is 0 Å². The standard InChI is InChI=1S/C9H15N3S/c1-7-3-10-9(13)12(7)6-8-4-11(2)5-8/h3,8H,4-6H2,1-2H3,(H,10,13). The van der Waals surface area contributed by atoms with Gasteiger partial charge in [0.05, 0.1) is 0 Å². The summed E-state index contributed by atoms with van der Waals surface area (Å²) in [5.41, 5.74) is 1.24. The number of hydrogen-bond donors (Lipinski definition) is 1. The van der Waals surface area contributed by atoms with Gasteiger partial charge in [0.2, 0.25) is 0 Å². The van der Waals surface area contributed by atoms with Gasteiger partial charge in [0.15, 0.2) is 4.77 Å². The molecular formula is C9H15N3S. The van der Waals surface area contributed by atoms with Gasteiger partial charge in [0.1, 0.15) is 0 Å². The van der Waals surface area contributed by atoms with E-state index in [-0.39, 0.29) is 0 Å². The Hall–Kier alpha value is -0.610. The van der Waals surface area contributed by atoms with Crippen LogP contribution in [0.4, 0.5) is 0 Å². The minimum absolute atomic E-state index is 0.784. The summed E-state index contributed by atoms with van der Waals surface area (Å²) in [6.07, 6.45) is 1.98. The van der Waals surface area contributed by atoms with E-state index in [2.05, 4.69) is 28.4 Å². The lowest BCUT2D eigenvalue weighted by Gasteiger charge is -2.36. The summed E-state index contributed by atoms with van der Waals surface area (Å²) in [4.78, 5) is 5.40. The highest BCUT2D eigenvalue weighted by molar-refractivity contribution is 7.71. The zero-order valence-electron chi connectivity index (χ0n) is 8.08. The number of hydrogen-bond acceptors (Lipinski definition) is 2. The molecule has 0 aromatic carbocycles. The summed E-state index contributed by atoms with van der Waals surface area (Å²) in [5.74, 6) is 0.784. The number of nitrogens with one attached hydrogen (secondary N) is 1. The zero-order chi connectivity index (χ0) is 9.42. The van der Waals surface area contributed by atoms with Crippen molar-refractivity contribution in [2.45, 2.75) is 13.5 Å². The van der Waals surface area contributed by atoms with Crippen LogP contribution in [0.25, 0.3) is 0 Å². The average Bonchev–Trinajstić information content (AvgIpc) is 2.32. The molecule has 0 bridgehead atoms. The Labute approximate surface area is 83.4 Å². The van der Waals surface area contributed by atoms with Crippen molar-refractivity contribution < 1.29 is 0 Å². The van der Waals surface area contributed by atoms with Gasteiger partial charge in [-0.25, -0.2) is 0 Å². The fraction of sp³-hybridized carbons (Fsp3) is 0.667. The predicted molar refractivity (Wildman–Crippen MR) is 55.3 cm³/mol. The van der Waals surface area contributed by atoms with E-state index in [1.165, 1.54) is 18.8 Å². The topological polar surface area (TPSA) is 24.0 Å². The van der Waals surface area contributed by atoms with Crippen molar-refractivity contribution in [3.8, 4) is 0 Å². The first kappa shape index (κ1) is 8.97. The Morgan fingerprint density at radius 3 is 2.77 bits per heavy atom. The van der Waals surface area contributed by atoms with Crippen LogP contribution in [0.15, 0.2) is 6.20 Å². The smallest absolute Gasteiger partial charge is 0.177 e. The molecule has 0 aliphatic carbocycles. The molecule has 1 saturated heterocycles. The summed E-state index contributed by atoms with van der Waals surface area (Å²) >= 11 is 5.19. The Bertz CT molecular complexity index is 346. The van der Waals surface area contributed by atoms with Crippen LogP contribution in [0.5, 0.6) is 0 Å². The molecule has 0 saturated carbocycles. The lowest BCUT2D eigenvalue weighted by Crippen LogP contribution is -2.45. The quantitative estimate of drug-likeness (QED) is 0.725. The van der Waals surface area contributed by atoms with Crippen molar-refractivity contribution in [2.24, 2.45) is 5.92 Å². The molecular weight excluding hydrogens is 182 g/mol. The number of aromatic amines is 1. The van der Waals surface area contributed by atoms with Gasteiger partial charge in [-0.1, -0.05) is 0 Å². The van der Waals surface area contributed by atoms with Gasteiger partial charge in [0, 0.05) is 37.4 Å². The van der Waals surface area contributed by atoms with E-state index in [0.717, 1.165) is 17.2 Å². The fourth-order valence-corrected chi connectivity index (χ4v) is 2.19. The minimum atomic E-state index is 0.784. The van der Waals surface area contributed by atoms with Crippen molar-refractivity contribution in [3.63, 3.8) is 0 Å². The fourth-order valence-electron chi connectivity index (χ4n) is 1.91. The lowest BCUT2D eigenvalue weighted by atomic mass is 10.0. The first-order valence-corrected chi connectivity index (χ1v) is 5.01. The third-order valence-corrected chi connectivity index (χ3v) is 2.99. The van der Waals surface area contributed by atoms with E-state index >= 15 is 0 Å². The zero-order valence-corrected chi connectivity index (χ0v) is 8.90. The molecule has 0 atom stereocenters. The number of rotatable bonds is 2. The first-order chi connectivity index (χ1) is 6.16. The summed E-state index contributed by atoms with van der Waals surface area (Å²) in [6, 6.07) is 0. The summed E-state index contributed by atoms with van der Waals surface area (Å²) in [5, 5.41) is 0. The minimum Gasteiger partial charge on any atom is -0.337 e. The highest BCUT2D eigenvalue weighted by Crippen LogP contribution is 2.16. The molecule has 3 nitrogen and oxygen atoms in total. The number of nitrogens with zero attached hydrogens (tertiary/aromatic N) is 2. The Morgan fingerprint density at radius 1 is 1.62 bits per heavy atom. The molecule has 1 aromatic rings. The van der Waals surface area contributed by atoms with Gasteiger partial charge in [-0.05, 0) is 26.2 Å². The van der Waals surface area contributed by atoms with Crippen LogP contribution in [-0.2, 0) is 6.54 Å². The van der Waals surface area contributed by atoms with Crippen molar-refractivity contribution in [2.75, 3.05) is 20.1 Å². The maximum atomic E-state index is 5.19. The van der Waals surface area contributed by atoms with Crippen LogP contribution in [0, 0.1) is 17.6 Å². The summed E-state index contributed by atoms with van der Waals surface area (Å²) in [7, 11) is 2.15. The van der Waals surface area contributed by atoms with Crippen LogP contribution >= 0.6 is 12.2 Å². The molecule has 72 valence electrons. The van der Waals surface area contributed by atoms with Gasteiger partial charge in [-0.3, -0.25) is 0 Å². The number of H-pyrrole nitrogens is 1. The molecule has 0 spiro atoms. The Kier molecular flexibility index (Phi) is 2.26. The lowest BCUT2D eigenvalue weighted by molar-refractivity contribution is 0.118. The van der Waals surface area contributed by atoms with Crippen LogP contribution in [0.2, 0.25) is 0 Å². The summed E-state index contributed by atoms with van der Waals surface area (Å²) in [6.45, 7) is 5.56. The number of likely N-dealkylation sites (tertiary alicyclic amines) is 1. The summed E-state index contributed by atoms with van der Waals surface area (Å²) < 4.78 is 3.04. The molecule has 1 aromatic heterocycles. The maximum absolute atomic E-state index is 5.19. The van der Waals surface area contributed by atoms with E-state index in [4.69, 9.17) is 12.2 Å². The number of imidazole rings is 1. The average molecular weight is 197 g/mol. The largest absolute Gasteiger partial charge is 0.337 e. The molecule has 0 unspecified atom stereocenters. The van der Waals surface area contributed by atoms with Gasteiger partial charge in [0.25, 0.3) is 0 Å². The maximum Gasteiger partial charge on any atom is 0.177 e. The Morgan fingerprint density at radius 2 is 2.31 bits per heavy atom. The van der Waals surface area contributed by atoms with Crippen LogP contribution in [0.3, 0.4) is 0 Å². The highest BCUT2D eigenvalue weighted by Gasteiger charge is 2.23. The van der Waals surface area contributed by atoms with Crippen LogP contribution in [-0.4, -0.2) is 34.6 Å². The normalized spacial score (nSPS) is 18.9. The molecule has 4 heteroatoms. The molecule has 1 aliphatic heterocycles. The third kappa shape index (κ3) is 1.69. The molecule has 1 N–H and O–H groups in total. The SMILES string of the molecule is Cc1c[nH]c(=S)n1CC1CN(C)C1. The first-order valence-electron chi connectivity index (χ1n) is 4.60. The van der Waals surface area contributed by atoms with Gasteiger partial charge < -0.3 is 14.5 Å². The van der Waals surface area contributed by atoms with E-state index in [0.29, 0.717) is 0 Å². The highest BCUT2D eigenvalue weighted by atomic mass is 32.1. The van der Waals surface area contributed by atoms with Gasteiger partial charge in [-0.15, -0.1) is 0 Å². The van der Waals surface area contributed by atoms with E-state index in [1.807, 2.05) is 6.20 Å². The van der Waals surface area contributed by atoms with Crippen molar-refractivity contribution in [3.05, 3.63) is 16.7 Å². The second kappa shape index (κ2) is 3.27. The van der Waals surface area contributed by atoms with E-state index < -0.39 is 0 Å². The van der Waals surface area contributed by atoms with Crippen molar-refractivity contribution in [1.29, 1.82) is 0 Å². The molecule has 13 heavy (non-hydrogen) atoms. The molecule has 0 amide bonds. The molecule has 1 aliphatic rings. The van der Waals surface area contributed by atoms with Crippen LogP contribution < -0.4 is 0 Å². The van der Waals surface area contributed by atoms with Crippen molar-refractivity contribution >= 4 is 12.2 Å². The van der Waals surface area contributed by atoms with Crippen LogP contribution in [0.1, 0.15) is 5.69 Å². The monoisotopic (exact) mass is 197 g/mol. The second-order valence-electron chi connectivity index (χ2n) is 3.93. The number of aryl methyl sites for hydroxylation is 1. The Balaban J connectivity index is 2.06. The number of aromatic nitrogens is 2.